The molecule has 11 heteroatoms. The standard InChI is InChI=1S/C16H16N2O7S.C6H4.Na/c1-9(19)17-11-8-24-18(13(11)20)16(15(22)23)7-12(14(21)25-16)26-10-5-3-2-4-6-10;1-2-6-4-3-5(1)6;/h2-6,11-12H,7-8H2,1H3,(H,17,19)(H,22,23);1-4H;/q;;+1/p-1/t11-,12?,16?;;/m0../s1. The molecule has 1 N–H and O–H groups in total. The number of hydrogen-bond donors (Lipinski definition) is 1. The Morgan fingerprint density at radius 3 is 2.18 bits per heavy atom. The maximum atomic E-state index is 12.4. The summed E-state index contributed by atoms with van der Waals surface area (Å²) in [5.74, 6) is -3.85. The van der Waals surface area contributed by atoms with Crippen LogP contribution >= 0.6 is 11.8 Å². The van der Waals surface area contributed by atoms with Gasteiger partial charge in [-0.2, -0.15) is 5.06 Å². The van der Waals surface area contributed by atoms with E-state index in [-0.39, 0.29) is 42.6 Å². The molecule has 2 saturated heterocycles. The fraction of sp³-hybridized carbons (Fsp3) is 0.273. The van der Waals surface area contributed by atoms with E-state index in [2.05, 4.69) is 29.6 Å². The third kappa shape index (κ3) is 5.10. The summed E-state index contributed by atoms with van der Waals surface area (Å²) in [5, 5.41) is 13.8. The number of amides is 2. The molecule has 0 radical (unpaired) electrons. The Bertz CT molecular complexity index is 1050. The molecular weight excluding hydrogens is 459 g/mol. The SMILES string of the molecule is CC(=O)N[C@H]1CON(C2(C(=O)[O-])CC(Sc3ccccc3)C(=O)O2)C1=O.[Na+].c1cc2ccc1-2. The second-order valence-electron chi connectivity index (χ2n) is 7.38. The first-order chi connectivity index (χ1) is 15.3. The number of benzene rings is 2. The van der Waals surface area contributed by atoms with Gasteiger partial charge in [0.1, 0.15) is 23.9 Å². The number of hydrogen-bond acceptors (Lipinski definition) is 8. The molecule has 0 spiro atoms. The summed E-state index contributed by atoms with van der Waals surface area (Å²) in [6.45, 7) is 0.952. The molecule has 5 rings (SSSR count). The normalized spacial score (nSPS) is 24.2. The number of ether oxygens (including phenoxy) is 1. The van der Waals surface area contributed by atoms with Gasteiger partial charge in [-0.05, 0) is 23.3 Å². The zero-order valence-corrected chi connectivity index (χ0v) is 20.8. The van der Waals surface area contributed by atoms with Crippen LogP contribution in [-0.2, 0) is 28.8 Å². The number of hydroxylamine groups is 2. The molecule has 33 heavy (non-hydrogen) atoms. The van der Waals surface area contributed by atoms with E-state index < -0.39 is 40.8 Å². The van der Waals surface area contributed by atoms with E-state index in [0.717, 1.165) is 16.7 Å². The predicted octanol–water partition coefficient (Wildman–Crippen LogP) is -2.51. The van der Waals surface area contributed by atoms with Crippen LogP contribution < -0.4 is 40.0 Å². The number of esters is 1. The number of carboxylic acids is 1. The first kappa shape index (κ1) is 25.3. The van der Waals surface area contributed by atoms with Gasteiger partial charge < -0.3 is 20.0 Å². The van der Waals surface area contributed by atoms with Crippen molar-refractivity contribution in [1.29, 1.82) is 0 Å². The molecule has 2 aliphatic carbocycles. The van der Waals surface area contributed by atoms with Gasteiger partial charge in [-0.1, -0.05) is 42.5 Å². The first-order valence-corrected chi connectivity index (χ1v) is 10.7. The van der Waals surface area contributed by atoms with Gasteiger partial charge in [0.05, 0.1) is 0 Å². The molecule has 3 atom stereocenters. The zero-order chi connectivity index (χ0) is 22.9. The number of carbonyl (C=O) groups excluding carboxylic acids is 4. The van der Waals surface area contributed by atoms with Crippen LogP contribution in [-0.4, -0.2) is 52.4 Å². The average molecular weight is 478 g/mol. The zero-order valence-electron chi connectivity index (χ0n) is 18.0. The number of carboxylic acid groups (broad SMARTS) is 1. The quantitative estimate of drug-likeness (QED) is 0.315. The smallest absolute Gasteiger partial charge is 0.544 e. The van der Waals surface area contributed by atoms with Crippen molar-refractivity contribution >= 4 is 35.5 Å². The van der Waals surface area contributed by atoms with Crippen LogP contribution in [0.15, 0.2) is 59.5 Å². The third-order valence-electron chi connectivity index (χ3n) is 5.13. The molecule has 2 unspecified atom stereocenters. The number of nitrogens with one attached hydrogen (secondary N) is 1. The van der Waals surface area contributed by atoms with Gasteiger partial charge in [0.15, 0.2) is 0 Å². The number of cyclic esters (lactones) is 1. The summed E-state index contributed by atoms with van der Waals surface area (Å²) in [6.07, 6.45) is -0.341. The number of carbonyl (C=O) groups is 4. The maximum absolute atomic E-state index is 12.4. The van der Waals surface area contributed by atoms with Gasteiger partial charge in [0.25, 0.3) is 11.6 Å². The number of thioether (sulfide) groups is 1. The molecule has 4 aliphatic rings. The molecule has 1 aromatic carbocycles. The Morgan fingerprint density at radius 1 is 1.09 bits per heavy atom. The Balaban J connectivity index is 0.000000373. The van der Waals surface area contributed by atoms with Crippen molar-refractivity contribution in [1.82, 2.24) is 10.4 Å². The van der Waals surface area contributed by atoms with Crippen molar-refractivity contribution in [3.05, 3.63) is 54.6 Å². The van der Waals surface area contributed by atoms with E-state index in [1.54, 1.807) is 30.3 Å². The van der Waals surface area contributed by atoms with E-state index in [1.165, 1.54) is 18.1 Å². The summed E-state index contributed by atoms with van der Waals surface area (Å²) in [4.78, 5) is 53.4. The van der Waals surface area contributed by atoms with Gasteiger partial charge in [-0.3, -0.25) is 19.2 Å². The van der Waals surface area contributed by atoms with Crippen LogP contribution in [0.4, 0.5) is 0 Å². The number of fused-ring (bicyclic) bond motifs is 1. The second kappa shape index (κ2) is 10.3. The Hall–Kier alpha value is -2.37. The van der Waals surface area contributed by atoms with Gasteiger partial charge in [0.2, 0.25) is 5.91 Å². The first-order valence-electron chi connectivity index (χ1n) is 9.81. The van der Waals surface area contributed by atoms with Crippen LogP contribution in [0.1, 0.15) is 13.3 Å². The summed E-state index contributed by atoms with van der Waals surface area (Å²) in [6, 6.07) is 16.3. The Morgan fingerprint density at radius 2 is 1.70 bits per heavy atom. The monoisotopic (exact) mass is 478 g/mol. The van der Waals surface area contributed by atoms with E-state index in [0.29, 0.717) is 5.06 Å². The Labute approximate surface area is 216 Å². The van der Waals surface area contributed by atoms with Gasteiger partial charge in [-0.15, -0.1) is 11.8 Å². The van der Waals surface area contributed by atoms with Crippen molar-refractivity contribution < 1.29 is 63.4 Å². The second-order valence-corrected chi connectivity index (χ2v) is 8.65. The van der Waals surface area contributed by atoms with Crippen molar-refractivity contribution in [3.8, 4) is 11.1 Å². The van der Waals surface area contributed by atoms with E-state index >= 15 is 0 Å². The minimum atomic E-state index is -2.37. The van der Waals surface area contributed by atoms with Crippen LogP contribution in [0.25, 0.3) is 11.1 Å². The van der Waals surface area contributed by atoms with E-state index in [4.69, 9.17) is 9.57 Å². The van der Waals surface area contributed by atoms with Crippen molar-refractivity contribution in [2.75, 3.05) is 6.61 Å². The maximum Gasteiger partial charge on any atom is 1.00 e. The Kier molecular flexibility index (Phi) is 7.86. The molecule has 0 saturated carbocycles. The summed E-state index contributed by atoms with van der Waals surface area (Å²) >= 11 is 1.12. The van der Waals surface area contributed by atoms with Gasteiger partial charge >= 0.3 is 35.5 Å². The fourth-order valence-electron chi connectivity index (χ4n) is 3.41. The van der Waals surface area contributed by atoms with Crippen molar-refractivity contribution in [2.45, 2.75) is 35.3 Å². The molecule has 166 valence electrons. The van der Waals surface area contributed by atoms with Gasteiger partial charge in [-0.25, -0.2) is 0 Å². The average Bonchev–Trinajstić information content (AvgIpc) is 3.26. The van der Waals surface area contributed by atoms with Crippen molar-refractivity contribution in [3.63, 3.8) is 0 Å². The molecule has 1 aromatic rings. The number of nitrogens with zero attached hydrogens (tertiary/aromatic N) is 1. The van der Waals surface area contributed by atoms with Crippen LogP contribution in [0.2, 0.25) is 0 Å². The van der Waals surface area contributed by atoms with Crippen LogP contribution in [0.5, 0.6) is 0 Å². The molecule has 2 aliphatic heterocycles. The molecular formula is C22H19N2NaO7S. The molecule has 0 bridgehead atoms. The van der Waals surface area contributed by atoms with Crippen molar-refractivity contribution in [2.24, 2.45) is 0 Å². The molecule has 0 aromatic heterocycles. The number of aliphatic carboxylic acids is 1. The molecule has 2 heterocycles. The molecule has 2 amide bonds. The minimum Gasteiger partial charge on any atom is -0.544 e. The third-order valence-corrected chi connectivity index (χ3v) is 6.32. The molecule has 2 fully saturated rings. The van der Waals surface area contributed by atoms with Gasteiger partial charge in [0, 0.05) is 18.2 Å². The van der Waals surface area contributed by atoms with Crippen LogP contribution in [0, 0.1) is 0 Å². The minimum absolute atomic E-state index is 0. The number of rotatable bonds is 5. The fourth-order valence-corrected chi connectivity index (χ4v) is 4.51. The summed E-state index contributed by atoms with van der Waals surface area (Å²) in [7, 11) is 0. The predicted molar refractivity (Wildman–Crippen MR) is 110 cm³/mol. The van der Waals surface area contributed by atoms with E-state index in [9.17, 15) is 24.3 Å². The summed E-state index contributed by atoms with van der Waals surface area (Å²) in [5.41, 5.74) is 0.485. The van der Waals surface area contributed by atoms with Crippen LogP contribution in [0.3, 0.4) is 0 Å². The molecule has 9 nitrogen and oxygen atoms in total. The summed E-state index contributed by atoms with van der Waals surface area (Å²) < 4.78 is 5.05. The topological polar surface area (TPSA) is 125 Å². The van der Waals surface area contributed by atoms with E-state index in [1.807, 2.05) is 0 Å². The largest absolute Gasteiger partial charge is 1.00 e.